The van der Waals surface area contributed by atoms with Crippen LogP contribution in [-0.2, 0) is 0 Å². The van der Waals surface area contributed by atoms with Crippen molar-refractivity contribution in [2.45, 2.75) is 12.8 Å². The molecule has 0 spiro atoms. The number of anilines is 1. The molecule has 1 N–H and O–H groups in total. The molecule has 5 rings (SSSR count). The molecule has 0 saturated carbocycles. The first-order chi connectivity index (χ1) is 13.2. The molecule has 0 bridgehead atoms. The largest absolute Gasteiger partial charge is 0.356 e. The second-order valence-corrected chi connectivity index (χ2v) is 6.68. The van der Waals surface area contributed by atoms with Gasteiger partial charge >= 0.3 is 0 Å². The zero-order valence-electron chi connectivity index (χ0n) is 15.0. The van der Waals surface area contributed by atoms with Gasteiger partial charge in [0, 0.05) is 43.7 Å². The van der Waals surface area contributed by atoms with Gasteiger partial charge in [-0.2, -0.15) is 0 Å². The number of likely N-dealkylation sites (tertiary alicyclic amines) is 1. The minimum absolute atomic E-state index is 0.0425. The van der Waals surface area contributed by atoms with E-state index in [1.54, 1.807) is 24.0 Å². The van der Waals surface area contributed by atoms with Gasteiger partial charge in [-0.15, -0.1) is 5.10 Å². The number of nitrogens with one attached hydrogen (secondary N) is 1. The first-order valence-corrected chi connectivity index (χ1v) is 9.03. The number of carbonyl (C=O) groups is 1. The van der Waals surface area contributed by atoms with Gasteiger partial charge in [0.15, 0.2) is 0 Å². The number of fused-ring (bicyclic) bond motifs is 2. The Hall–Kier alpha value is -3.42. The molecule has 27 heavy (non-hydrogen) atoms. The highest BCUT2D eigenvalue weighted by Gasteiger charge is 2.22. The zero-order valence-corrected chi connectivity index (χ0v) is 15.0. The Balaban J connectivity index is 1.60. The minimum Gasteiger partial charge on any atom is -0.356 e. The highest BCUT2D eigenvalue weighted by atomic mass is 16.2. The summed E-state index contributed by atoms with van der Waals surface area (Å²) in [6, 6.07) is 5.94. The highest BCUT2D eigenvalue weighted by molar-refractivity contribution is 5.93. The number of pyridine rings is 1. The molecule has 0 atom stereocenters. The normalized spacial score (nSPS) is 14.3. The molecule has 5 heterocycles. The van der Waals surface area contributed by atoms with E-state index in [2.05, 4.69) is 20.4 Å². The van der Waals surface area contributed by atoms with Crippen LogP contribution in [0.4, 0.5) is 5.95 Å². The van der Waals surface area contributed by atoms with Crippen LogP contribution in [0.3, 0.4) is 0 Å². The lowest BCUT2D eigenvalue weighted by Crippen LogP contribution is -2.28. The molecule has 136 valence electrons. The number of rotatable bonds is 3. The Bertz CT molecular complexity index is 1150. The lowest BCUT2D eigenvalue weighted by Gasteiger charge is -2.14. The van der Waals surface area contributed by atoms with Crippen LogP contribution in [-0.4, -0.2) is 54.9 Å². The van der Waals surface area contributed by atoms with Crippen molar-refractivity contribution in [3.63, 3.8) is 0 Å². The maximum absolute atomic E-state index is 12.8. The Morgan fingerprint density at radius 1 is 1.11 bits per heavy atom. The molecule has 0 unspecified atom stereocenters. The van der Waals surface area contributed by atoms with E-state index in [1.807, 2.05) is 39.9 Å². The second kappa shape index (κ2) is 6.08. The van der Waals surface area contributed by atoms with Crippen LogP contribution in [0.2, 0.25) is 0 Å². The SMILES string of the molecule is CNc1ncc2c(-c3ccc4ncc(C(=O)N5CCCC5)n4c3)ccn2n1. The molecule has 1 saturated heterocycles. The fourth-order valence-corrected chi connectivity index (χ4v) is 3.64. The van der Waals surface area contributed by atoms with Gasteiger partial charge in [-0.05, 0) is 31.0 Å². The van der Waals surface area contributed by atoms with Gasteiger partial charge in [0.1, 0.15) is 11.3 Å². The Kier molecular flexibility index (Phi) is 3.56. The van der Waals surface area contributed by atoms with Crippen LogP contribution in [0, 0.1) is 0 Å². The highest BCUT2D eigenvalue weighted by Crippen LogP contribution is 2.26. The zero-order chi connectivity index (χ0) is 18.4. The second-order valence-electron chi connectivity index (χ2n) is 6.68. The average Bonchev–Trinajstić information content (AvgIpc) is 3.45. The molecule has 1 aliphatic heterocycles. The number of amides is 1. The third-order valence-electron chi connectivity index (χ3n) is 5.07. The van der Waals surface area contributed by atoms with E-state index in [9.17, 15) is 4.79 Å². The lowest BCUT2D eigenvalue weighted by molar-refractivity contribution is 0.0786. The smallest absolute Gasteiger partial charge is 0.272 e. The standard InChI is InChI=1S/C19H19N7O/c1-20-19-22-10-15-14(6-9-26(15)23-19)13-4-5-17-21-11-16(25(17)12-13)18(27)24-7-2-3-8-24/h4-6,9-12H,2-3,7-8H2,1H3,(H,20,23). The number of nitrogens with zero attached hydrogens (tertiary/aromatic N) is 6. The van der Waals surface area contributed by atoms with Crippen molar-refractivity contribution in [2.75, 3.05) is 25.5 Å². The molecular formula is C19H19N7O. The molecule has 0 aliphatic carbocycles. The van der Waals surface area contributed by atoms with Crippen LogP contribution in [0.1, 0.15) is 23.3 Å². The van der Waals surface area contributed by atoms with E-state index in [0.717, 1.165) is 48.2 Å². The summed E-state index contributed by atoms with van der Waals surface area (Å²) in [5, 5.41) is 7.34. The predicted octanol–water partition coefficient (Wildman–Crippen LogP) is 2.32. The number of aromatic nitrogens is 5. The van der Waals surface area contributed by atoms with Gasteiger partial charge in [0.2, 0.25) is 5.95 Å². The monoisotopic (exact) mass is 361 g/mol. The molecule has 1 aliphatic rings. The molecule has 0 radical (unpaired) electrons. The van der Waals surface area contributed by atoms with Gasteiger partial charge in [-0.25, -0.2) is 14.5 Å². The topological polar surface area (TPSA) is 79.8 Å². The fourth-order valence-electron chi connectivity index (χ4n) is 3.64. The molecule has 1 fully saturated rings. The summed E-state index contributed by atoms with van der Waals surface area (Å²) in [7, 11) is 1.79. The van der Waals surface area contributed by atoms with Crippen LogP contribution >= 0.6 is 0 Å². The summed E-state index contributed by atoms with van der Waals surface area (Å²) >= 11 is 0. The van der Waals surface area contributed by atoms with Crippen LogP contribution in [0.25, 0.3) is 22.3 Å². The van der Waals surface area contributed by atoms with Crippen molar-refractivity contribution < 1.29 is 4.79 Å². The maximum Gasteiger partial charge on any atom is 0.272 e. The number of carbonyl (C=O) groups excluding carboxylic acids is 1. The average molecular weight is 361 g/mol. The number of hydrogen-bond donors (Lipinski definition) is 1. The molecule has 4 aromatic rings. The van der Waals surface area contributed by atoms with E-state index in [1.165, 1.54) is 0 Å². The summed E-state index contributed by atoms with van der Waals surface area (Å²) < 4.78 is 3.67. The summed E-state index contributed by atoms with van der Waals surface area (Å²) in [4.78, 5) is 23.4. The third kappa shape index (κ3) is 2.52. The Morgan fingerprint density at radius 3 is 2.78 bits per heavy atom. The van der Waals surface area contributed by atoms with Crippen molar-refractivity contribution in [3.8, 4) is 11.1 Å². The van der Waals surface area contributed by atoms with Gasteiger partial charge < -0.3 is 10.2 Å². The van der Waals surface area contributed by atoms with Gasteiger partial charge in [0.25, 0.3) is 5.91 Å². The maximum atomic E-state index is 12.8. The molecule has 8 heteroatoms. The Labute approximate surface area is 155 Å². The van der Waals surface area contributed by atoms with Gasteiger partial charge in [-0.3, -0.25) is 9.20 Å². The summed E-state index contributed by atoms with van der Waals surface area (Å²) in [5.41, 5.74) is 4.26. The van der Waals surface area contributed by atoms with Crippen molar-refractivity contribution in [3.05, 3.63) is 48.7 Å². The fraction of sp³-hybridized carbons (Fsp3) is 0.263. The van der Waals surface area contributed by atoms with E-state index >= 15 is 0 Å². The lowest BCUT2D eigenvalue weighted by atomic mass is 10.1. The van der Waals surface area contributed by atoms with Crippen LogP contribution in [0.15, 0.2) is 43.0 Å². The van der Waals surface area contributed by atoms with E-state index in [-0.39, 0.29) is 5.91 Å². The van der Waals surface area contributed by atoms with Crippen molar-refractivity contribution in [1.82, 2.24) is 28.9 Å². The molecule has 1 amide bonds. The summed E-state index contributed by atoms with van der Waals surface area (Å²) in [6.07, 6.45) is 9.47. The van der Waals surface area contributed by atoms with E-state index in [0.29, 0.717) is 11.6 Å². The van der Waals surface area contributed by atoms with Gasteiger partial charge in [0.05, 0.1) is 17.9 Å². The number of hydrogen-bond acceptors (Lipinski definition) is 5. The first kappa shape index (κ1) is 15.8. The van der Waals surface area contributed by atoms with E-state index in [4.69, 9.17) is 0 Å². The minimum atomic E-state index is 0.0425. The number of imidazole rings is 1. The first-order valence-electron chi connectivity index (χ1n) is 9.03. The Morgan fingerprint density at radius 2 is 1.96 bits per heavy atom. The summed E-state index contributed by atoms with van der Waals surface area (Å²) in [5.74, 6) is 0.606. The third-order valence-corrected chi connectivity index (χ3v) is 5.07. The van der Waals surface area contributed by atoms with Crippen molar-refractivity contribution in [1.29, 1.82) is 0 Å². The van der Waals surface area contributed by atoms with Crippen molar-refractivity contribution >= 4 is 23.0 Å². The predicted molar refractivity (Wildman–Crippen MR) is 102 cm³/mol. The van der Waals surface area contributed by atoms with Gasteiger partial charge in [-0.1, -0.05) is 0 Å². The van der Waals surface area contributed by atoms with Crippen LogP contribution < -0.4 is 5.32 Å². The molecule has 8 nitrogen and oxygen atoms in total. The molecular weight excluding hydrogens is 342 g/mol. The molecule has 0 aromatic carbocycles. The van der Waals surface area contributed by atoms with Crippen LogP contribution in [0.5, 0.6) is 0 Å². The molecule has 4 aromatic heterocycles. The van der Waals surface area contributed by atoms with Crippen molar-refractivity contribution in [2.24, 2.45) is 0 Å². The van der Waals surface area contributed by atoms with E-state index < -0.39 is 0 Å². The summed E-state index contributed by atoms with van der Waals surface area (Å²) in [6.45, 7) is 1.64. The quantitative estimate of drug-likeness (QED) is 0.606.